The molecule has 0 bridgehead atoms. The third kappa shape index (κ3) is 62.9. The van der Waals surface area contributed by atoms with Gasteiger partial charge < -0.3 is 57.6 Å². The van der Waals surface area contributed by atoms with Crippen LogP contribution in [0.1, 0.15) is 116 Å². The molecule has 0 aliphatic carbocycles. The zero-order valence-electron chi connectivity index (χ0n) is 45.8. The van der Waals surface area contributed by atoms with Gasteiger partial charge in [-0.25, -0.2) is 0 Å². The first kappa shape index (κ1) is 98.6. The normalized spacial score (nSPS) is 11.6. The van der Waals surface area contributed by atoms with Gasteiger partial charge in [-0.05, 0) is 120 Å². The van der Waals surface area contributed by atoms with E-state index >= 15 is 0 Å². The second-order valence-corrected chi connectivity index (χ2v) is 17.2. The van der Waals surface area contributed by atoms with E-state index in [4.69, 9.17) is 40.5 Å². The Morgan fingerprint density at radius 2 is 0.933 bits per heavy atom. The minimum absolute atomic E-state index is 0. The van der Waals surface area contributed by atoms with Gasteiger partial charge in [0.05, 0.1) is 28.1 Å². The fraction of sp³-hybridized carbons (Fsp3) is 0.833. The number of nitrogens with two attached hydrogens (primary N) is 1. The van der Waals surface area contributed by atoms with E-state index in [1.807, 2.05) is 6.92 Å². The Hall–Kier alpha value is -1.84. The molecule has 4 atom stereocenters. The quantitative estimate of drug-likeness (QED) is 0.00392. The fourth-order valence-corrected chi connectivity index (χ4v) is 5.52. The topological polar surface area (TPSA) is 327 Å². The fourth-order valence-electron chi connectivity index (χ4n) is 5.52. The molecule has 2 radical (unpaired) electrons. The van der Waals surface area contributed by atoms with Crippen molar-refractivity contribution in [2.45, 2.75) is 116 Å². The van der Waals surface area contributed by atoms with E-state index in [2.05, 4.69) is 95.7 Å². The van der Waals surface area contributed by atoms with Crippen LogP contribution in [0.25, 0.3) is 20.9 Å². The Morgan fingerprint density at radius 3 is 1.24 bits per heavy atom. The van der Waals surface area contributed by atoms with Gasteiger partial charge >= 0.3 is 29.8 Å². The van der Waals surface area contributed by atoms with Crippen LogP contribution in [0.4, 0.5) is 0 Å². The van der Waals surface area contributed by atoms with E-state index < -0.39 is 22.2 Å². The first-order chi connectivity index (χ1) is 33.1. The summed E-state index contributed by atoms with van der Waals surface area (Å²) in [5, 5.41) is 18.5. The van der Waals surface area contributed by atoms with Crippen molar-refractivity contribution in [3.63, 3.8) is 0 Å². The first-order valence-electron chi connectivity index (χ1n) is 23.0. The molecule has 0 saturated carbocycles. The molecule has 23 nitrogen and oxygen atoms in total. The maximum Gasteiger partial charge on any atom is 0.311 e. The monoisotopic (exact) mass is 1260 g/mol. The number of terminal acetylenes is 1. The molecule has 0 saturated heterocycles. The number of nitrogens with zero attached hydrogens (tertiary/aromatic N) is 6. The predicted octanol–water partition coefficient (Wildman–Crippen LogP) is 6.65. The third-order valence-corrected chi connectivity index (χ3v) is 9.25. The van der Waals surface area contributed by atoms with Crippen LogP contribution >= 0.6 is 25.6 Å². The van der Waals surface area contributed by atoms with Gasteiger partial charge in [-0.2, -0.15) is 6.42 Å². The second kappa shape index (κ2) is 70.2. The van der Waals surface area contributed by atoms with Crippen LogP contribution < -0.4 is 36.4 Å². The molecule has 0 spiro atoms. The van der Waals surface area contributed by atoms with Crippen LogP contribution in [0.2, 0.25) is 0 Å². The van der Waals surface area contributed by atoms with Crippen LogP contribution in [0.3, 0.4) is 0 Å². The summed E-state index contributed by atoms with van der Waals surface area (Å²) in [5.41, 5.74) is 19.5. The molecule has 0 aliphatic heterocycles. The number of hydrogen-bond acceptors (Lipinski definition) is 21. The van der Waals surface area contributed by atoms with Crippen LogP contribution in [0.5, 0.6) is 0 Å². The van der Waals surface area contributed by atoms with E-state index in [0.717, 1.165) is 0 Å². The van der Waals surface area contributed by atoms with E-state index in [1.54, 1.807) is 83.8 Å². The molecule has 0 fully saturated rings. The third-order valence-electron chi connectivity index (χ3n) is 9.25. The number of carbonyl (C=O) groups excluding carboxylic acids is 5. The molecule has 0 aromatic carbocycles. The Kier molecular flexibility index (Phi) is 92.2. The van der Waals surface area contributed by atoms with Crippen molar-refractivity contribution in [3.05, 3.63) is 27.8 Å². The standard InChI is InChI=1S/C16H31N5O4.C16H31N2O4.C8H16N4O2.C3H4.2CH5NS.3CH4.2Y/c1-13(14(22)24-10-8-18-3)12-16(2,6-5-7-20-21-17)15(23)25-11-9-19-4;1-6-7-16(3,15(20)22-11-9-18-5)12-13(2)14(19)21-10-8-17-4;1-8(2,3-5-11-12-10)7(13)14-6-4-9;1-3-2;2*1-2-3;;;;;/h13,18-19H,5-12H2,1-4H3;13,17-18H,1,6-12H2,2-5H3;3-6,9H2,1-2H3;1H,2H3;2*2-3H,1H3;3*1H4;;/q;-1;;;;;;;;;. The Morgan fingerprint density at radius 1 is 0.627 bits per heavy atom. The van der Waals surface area contributed by atoms with Gasteiger partial charge in [-0.1, -0.05) is 78.4 Å². The van der Waals surface area contributed by atoms with Crippen molar-refractivity contribution >= 4 is 55.5 Å². The predicted molar refractivity (Wildman–Crippen MR) is 304 cm³/mol. The zero-order chi connectivity index (χ0) is 55.3. The van der Waals surface area contributed by atoms with Crippen LogP contribution in [0, 0.1) is 47.3 Å². The Labute approximate surface area is 516 Å². The molecule has 0 aromatic rings. The second-order valence-electron chi connectivity index (χ2n) is 16.3. The summed E-state index contributed by atoms with van der Waals surface area (Å²) in [4.78, 5) is 65.6. The van der Waals surface area contributed by atoms with E-state index in [-0.39, 0.29) is 137 Å². The zero-order valence-corrected chi connectivity index (χ0v) is 53.2. The summed E-state index contributed by atoms with van der Waals surface area (Å²) in [6.07, 6.45) is 8.00. The molecule has 0 heterocycles. The number of rotatable bonds is 32. The van der Waals surface area contributed by atoms with Gasteiger partial charge in [0.25, 0.3) is 0 Å². The minimum Gasteiger partial charge on any atom is -0.464 e. The number of thiol groups is 2. The van der Waals surface area contributed by atoms with Crippen molar-refractivity contribution in [2.75, 3.05) is 121 Å². The number of nitrogens with one attached hydrogen (secondary N) is 6. The number of azide groups is 2. The van der Waals surface area contributed by atoms with Gasteiger partial charge in [-0.15, -0.1) is 12.3 Å². The molecule has 0 amide bonds. The molecule has 0 aliphatic rings. The SMILES string of the molecule is C.C.C.C#CC.CC(C)(CCN=[N+]=[N-])C(=O)OCCN.CNCCOC(=O)C(C)CC(C)(CCCN=[N+]=[N-])C(=O)OCCNC.CNS.CNS.[CH2-]CCC(C)(CC(C)C(=O)OCCNC)C(=O)OCCNC.[Y].[Y]. The molecule has 75 heavy (non-hydrogen) atoms. The van der Waals surface area contributed by atoms with Crippen LogP contribution in [-0.2, 0) is 113 Å². The number of likely N-dealkylation sites (N-methyl/N-ethyl adjacent to an activating group) is 4. The van der Waals surface area contributed by atoms with Gasteiger partial charge in [0.15, 0.2) is 0 Å². The average Bonchev–Trinajstić information content (AvgIpc) is 3.31. The molecular weight excluding hydrogens is 1160 g/mol. The van der Waals surface area contributed by atoms with E-state index in [9.17, 15) is 24.0 Å². The summed E-state index contributed by atoms with van der Waals surface area (Å²) in [6, 6.07) is 0. The molecule has 0 rings (SSSR count). The number of ether oxygens (including phenoxy) is 5. The molecule has 8 N–H and O–H groups in total. The van der Waals surface area contributed by atoms with E-state index in [1.165, 1.54) is 0 Å². The minimum atomic E-state index is -0.833. The summed E-state index contributed by atoms with van der Waals surface area (Å²) < 4.78 is 30.7. The molecular formula is C48H104N13O10S2Y2-. The van der Waals surface area contributed by atoms with Crippen LogP contribution in [-0.4, -0.2) is 151 Å². The largest absolute Gasteiger partial charge is 0.464 e. The average molecular weight is 1270 g/mol. The van der Waals surface area contributed by atoms with Gasteiger partial charge in [-0.3, -0.25) is 33.4 Å². The smallest absolute Gasteiger partial charge is 0.311 e. The Balaban J connectivity index is -0.0000000834. The molecule has 27 heteroatoms. The van der Waals surface area contributed by atoms with Gasteiger partial charge in [0.2, 0.25) is 0 Å². The number of esters is 5. The molecule has 4 unspecified atom stereocenters. The number of carbonyl (C=O) groups is 5. The van der Waals surface area contributed by atoms with Crippen LogP contribution in [0.15, 0.2) is 10.2 Å². The maximum absolute atomic E-state index is 12.5. The van der Waals surface area contributed by atoms with Crippen molar-refractivity contribution in [2.24, 2.45) is 44.0 Å². The summed E-state index contributed by atoms with van der Waals surface area (Å²) >= 11 is 7.08. The first-order valence-corrected chi connectivity index (χ1v) is 23.9. The Bertz CT molecular complexity index is 1480. The van der Waals surface area contributed by atoms with Crippen molar-refractivity contribution < 1.29 is 113 Å². The van der Waals surface area contributed by atoms with Crippen molar-refractivity contribution in [1.82, 2.24) is 30.7 Å². The van der Waals surface area contributed by atoms with Crippen molar-refractivity contribution in [1.29, 1.82) is 0 Å². The molecule has 440 valence electrons. The van der Waals surface area contributed by atoms with Crippen molar-refractivity contribution in [3.8, 4) is 12.3 Å². The summed E-state index contributed by atoms with van der Waals surface area (Å²) in [5.74, 6) is -0.0903. The van der Waals surface area contributed by atoms with Gasteiger partial charge in [0, 0.05) is 121 Å². The van der Waals surface area contributed by atoms with E-state index in [0.29, 0.717) is 111 Å². The maximum atomic E-state index is 12.5. The summed E-state index contributed by atoms with van der Waals surface area (Å²) in [7, 11) is 10.6. The number of hydrogen-bond donors (Lipinski definition) is 9. The van der Waals surface area contributed by atoms with Gasteiger partial charge in [0.1, 0.15) is 33.0 Å². The molecule has 0 aromatic heterocycles. The summed E-state index contributed by atoms with van der Waals surface area (Å²) in [6.45, 7) is 20.8.